The van der Waals surface area contributed by atoms with E-state index in [0.29, 0.717) is 0 Å². The Labute approximate surface area is 86.5 Å². The summed E-state index contributed by atoms with van der Waals surface area (Å²) in [7, 11) is 0. The molecular weight excluding hydrogens is 244 g/mol. The van der Waals surface area contributed by atoms with E-state index < -0.39 is 28.1 Å². The van der Waals surface area contributed by atoms with Crippen molar-refractivity contribution in [3.63, 3.8) is 0 Å². The maximum Gasteiger partial charge on any atom is 0.418 e. The molecule has 78 valence electrons. The SMILES string of the molecule is O[C@H](c1c(Cl)ncnc1Cl)C(F)(F)F. The standard InChI is InChI=1S/C6H3Cl2F3N2O/c7-4-2(3(14)6(9,10)11)5(8)13-1-12-4/h1,3,14H/t3-/m1/s1. The van der Waals surface area contributed by atoms with Gasteiger partial charge in [0.05, 0.1) is 5.56 Å². The van der Waals surface area contributed by atoms with Gasteiger partial charge < -0.3 is 5.11 Å². The van der Waals surface area contributed by atoms with Crippen LogP contribution in [0.4, 0.5) is 13.2 Å². The first-order valence-corrected chi connectivity index (χ1v) is 4.00. The van der Waals surface area contributed by atoms with Gasteiger partial charge in [-0.25, -0.2) is 9.97 Å². The maximum atomic E-state index is 12.1. The Morgan fingerprint density at radius 3 is 2.00 bits per heavy atom. The summed E-state index contributed by atoms with van der Waals surface area (Å²) in [5.74, 6) is 0. The first-order valence-electron chi connectivity index (χ1n) is 3.24. The third kappa shape index (κ3) is 2.26. The van der Waals surface area contributed by atoms with Crippen molar-refractivity contribution < 1.29 is 18.3 Å². The monoisotopic (exact) mass is 246 g/mol. The summed E-state index contributed by atoms with van der Waals surface area (Å²) in [6, 6.07) is 0. The molecule has 0 aliphatic carbocycles. The number of aliphatic hydroxyl groups is 1. The number of hydrogen-bond donors (Lipinski definition) is 1. The molecule has 0 radical (unpaired) electrons. The van der Waals surface area contributed by atoms with Gasteiger partial charge in [0.25, 0.3) is 0 Å². The van der Waals surface area contributed by atoms with E-state index >= 15 is 0 Å². The first kappa shape index (κ1) is 11.5. The molecule has 1 aromatic rings. The number of aromatic nitrogens is 2. The second-order valence-electron chi connectivity index (χ2n) is 2.31. The number of alkyl halides is 3. The second-order valence-corrected chi connectivity index (χ2v) is 3.03. The molecule has 1 heterocycles. The van der Waals surface area contributed by atoms with Crippen molar-refractivity contribution in [1.29, 1.82) is 0 Å². The molecule has 3 nitrogen and oxygen atoms in total. The molecule has 0 unspecified atom stereocenters. The van der Waals surface area contributed by atoms with Crippen molar-refractivity contribution in [2.75, 3.05) is 0 Å². The molecule has 8 heteroatoms. The van der Waals surface area contributed by atoms with Gasteiger partial charge in [-0.1, -0.05) is 23.2 Å². The number of nitrogens with zero attached hydrogens (tertiary/aromatic N) is 2. The first-order chi connectivity index (χ1) is 6.34. The summed E-state index contributed by atoms with van der Waals surface area (Å²) in [6.45, 7) is 0. The molecule has 0 aliphatic rings. The predicted octanol–water partition coefficient (Wildman–Crippen LogP) is 2.38. The minimum absolute atomic E-state index is 0.519. The molecule has 14 heavy (non-hydrogen) atoms. The van der Waals surface area contributed by atoms with Crippen LogP contribution in [0.15, 0.2) is 6.33 Å². The molecule has 0 spiro atoms. The molecule has 1 aromatic heterocycles. The topological polar surface area (TPSA) is 46.0 Å². The molecule has 0 bridgehead atoms. The summed E-state index contributed by atoms with van der Waals surface area (Å²) in [5, 5.41) is 7.81. The summed E-state index contributed by atoms with van der Waals surface area (Å²) in [4.78, 5) is 6.57. The lowest BCUT2D eigenvalue weighted by molar-refractivity contribution is -0.206. The van der Waals surface area contributed by atoms with Gasteiger partial charge in [-0.15, -0.1) is 0 Å². The van der Waals surface area contributed by atoms with Crippen LogP contribution in [0.3, 0.4) is 0 Å². The fourth-order valence-electron chi connectivity index (χ4n) is 0.744. The van der Waals surface area contributed by atoms with Gasteiger partial charge in [0.1, 0.15) is 16.6 Å². The Kier molecular flexibility index (Phi) is 3.18. The molecule has 0 saturated carbocycles. The third-order valence-corrected chi connectivity index (χ3v) is 1.97. The smallest absolute Gasteiger partial charge is 0.379 e. The Hall–Kier alpha value is -0.590. The van der Waals surface area contributed by atoms with Crippen molar-refractivity contribution in [3.05, 3.63) is 22.2 Å². The van der Waals surface area contributed by atoms with Crippen LogP contribution in [0, 0.1) is 0 Å². The highest BCUT2D eigenvalue weighted by molar-refractivity contribution is 6.34. The van der Waals surface area contributed by atoms with Crippen LogP contribution in [-0.4, -0.2) is 21.3 Å². The molecule has 1 rings (SSSR count). The van der Waals surface area contributed by atoms with Crippen molar-refractivity contribution in [2.45, 2.75) is 12.3 Å². The minimum Gasteiger partial charge on any atom is -0.379 e. The van der Waals surface area contributed by atoms with Crippen molar-refractivity contribution >= 4 is 23.2 Å². The van der Waals surface area contributed by atoms with Crippen LogP contribution in [-0.2, 0) is 0 Å². The average Bonchev–Trinajstić information content (AvgIpc) is 2.01. The molecule has 0 amide bonds. The van der Waals surface area contributed by atoms with Crippen molar-refractivity contribution in [1.82, 2.24) is 9.97 Å². The van der Waals surface area contributed by atoms with Crippen LogP contribution < -0.4 is 0 Å². The minimum atomic E-state index is -4.85. The van der Waals surface area contributed by atoms with Gasteiger partial charge in [-0.3, -0.25) is 0 Å². The number of aliphatic hydroxyl groups excluding tert-OH is 1. The van der Waals surface area contributed by atoms with E-state index in [1.54, 1.807) is 0 Å². The van der Waals surface area contributed by atoms with E-state index in [1.807, 2.05) is 0 Å². The molecule has 0 aliphatic heterocycles. The van der Waals surface area contributed by atoms with Gasteiger partial charge >= 0.3 is 6.18 Å². The normalized spacial score (nSPS) is 14.1. The summed E-state index contributed by atoms with van der Waals surface area (Å²) < 4.78 is 36.2. The average molecular weight is 247 g/mol. The fraction of sp³-hybridized carbons (Fsp3) is 0.333. The van der Waals surface area contributed by atoms with E-state index in [9.17, 15) is 13.2 Å². The summed E-state index contributed by atoms with van der Waals surface area (Å²) >= 11 is 10.7. The van der Waals surface area contributed by atoms with E-state index in [2.05, 4.69) is 9.97 Å². The van der Waals surface area contributed by atoms with E-state index in [1.165, 1.54) is 0 Å². The predicted molar refractivity (Wildman–Crippen MR) is 43.1 cm³/mol. The largest absolute Gasteiger partial charge is 0.418 e. The zero-order valence-corrected chi connectivity index (χ0v) is 7.90. The maximum absolute atomic E-state index is 12.1. The highest BCUT2D eigenvalue weighted by Gasteiger charge is 2.42. The highest BCUT2D eigenvalue weighted by Crippen LogP contribution is 2.37. The Bertz CT molecular complexity index is 324. The fourth-order valence-corrected chi connectivity index (χ4v) is 1.27. The highest BCUT2D eigenvalue weighted by atomic mass is 35.5. The molecule has 0 saturated heterocycles. The zero-order valence-electron chi connectivity index (χ0n) is 6.39. The van der Waals surface area contributed by atoms with Gasteiger partial charge in [0, 0.05) is 0 Å². The van der Waals surface area contributed by atoms with Gasteiger partial charge in [0.2, 0.25) is 0 Å². The summed E-state index contributed by atoms with van der Waals surface area (Å²) in [5.41, 5.74) is -0.733. The Morgan fingerprint density at radius 1 is 1.21 bits per heavy atom. The zero-order chi connectivity index (χ0) is 10.9. The molecule has 0 fully saturated rings. The molecule has 1 N–H and O–H groups in total. The van der Waals surface area contributed by atoms with E-state index in [-0.39, 0.29) is 0 Å². The molecule has 0 aromatic carbocycles. The third-order valence-electron chi connectivity index (χ3n) is 1.37. The van der Waals surface area contributed by atoms with Crippen molar-refractivity contribution in [3.8, 4) is 0 Å². The molecular formula is C6H3Cl2F3N2O. The quantitative estimate of drug-likeness (QED) is 0.775. The van der Waals surface area contributed by atoms with Gasteiger partial charge in [-0.2, -0.15) is 13.2 Å². The van der Waals surface area contributed by atoms with Crippen LogP contribution in [0.5, 0.6) is 0 Å². The van der Waals surface area contributed by atoms with Gasteiger partial charge in [0.15, 0.2) is 6.10 Å². The lowest BCUT2D eigenvalue weighted by atomic mass is 10.2. The van der Waals surface area contributed by atoms with E-state index in [0.717, 1.165) is 6.33 Å². The van der Waals surface area contributed by atoms with E-state index in [4.69, 9.17) is 28.3 Å². The van der Waals surface area contributed by atoms with Crippen molar-refractivity contribution in [2.24, 2.45) is 0 Å². The van der Waals surface area contributed by atoms with Crippen LogP contribution in [0.2, 0.25) is 10.3 Å². The molecule has 1 atom stereocenters. The Balaban J connectivity index is 3.19. The van der Waals surface area contributed by atoms with Crippen LogP contribution in [0.25, 0.3) is 0 Å². The van der Waals surface area contributed by atoms with Crippen LogP contribution in [0.1, 0.15) is 11.7 Å². The second kappa shape index (κ2) is 3.88. The number of rotatable bonds is 1. The number of halogens is 5. The van der Waals surface area contributed by atoms with Gasteiger partial charge in [-0.05, 0) is 0 Å². The lowest BCUT2D eigenvalue weighted by Crippen LogP contribution is -2.21. The number of hydrogen-bond acceptors (Lipinski definition) is 3. The lowest BCUT2D eigenvalue weighted by Gasteiger charge is -2.15. The summed E-state index contributed by atoms with van der Waals surface area (Å²) in [6.07, 6.45) is -6.72. The van der Waals surface area contributed by atoms with Crippen LogP contribution >= 0.6 is 23.2 Å². The Morgan fingerprint density at radius 2 is 1.64 bits per heavy atom.